The Labute approximate surface area is 119 Å². The molecule has 2 atom stereocenters. The number of nitrogens with zero attached hydrogens (tertiary/aromatic N) is 2. The molecule has 1 saturated heterocycles. The third-order valence-corrected chi connectivity index (χ3v) is 3.97. The molecule has 0 spiro atoms. The summed E-state index contributed by atoms with van der Waals surface area (Å²) in [4.78, 5) is 4.47. The zero-order chi connectivity index (χ0) is 13.2. The molecule has 1 fully saturated rings. The zero-order valence-corrected chi connectivity index (χ0v) is 12.1. The van der Waals surface area contributed by atoms with E-state index in [1.807, 2.05) is 24.3 Å². The highest BCUT2D eigenvalue weighted by molar-refractivity contribution is 9.10. The Morgan fingerprint density at radius 3 is 3.00 bits per heavy atom. The Kier molecular flexibility index (Phi) is 3.63. The molecule has 1 N–H and O–H groups in total. The average molecular weight is 324 g/mol. The van der Waals surface area contributed by atoms with Crippen molar-refractivity contribution in [3.05, 3.63) is 34.6 Å². The van der Waals surface area contributed by atoms with Gasteiger partial charge >= 0.3 is 0 Å². The Morgan fingerprint density at radius 2 is 2.26 bits per heavy atom. The van der Waals surface area contributed by atoms with Crippen molar-refractivity contribution in [3.63, 3.8) is 0 Å². The van der Waals surface area contributed by atoms with Gasteiger partial charge in [-0.25, -0.2) is 0 Å². The van der Waals surface area contributed by atoms with Gasteiger partial charge in [0.15, 0.2) is 0 Å². The summed E-state index contributed by atoms with van der Waals surface area (Å²) in [6.07, 6.45) is 1.07. The highest BCUT2D eigenvalue weighted by Crippen LogP contribution is 2.28. The molecule has 0 bridgehead atoms. The van der Waals surface area contributed by atoms with Crippen molar-refractivity contribution in [3.8, 4) is 11.4 Å². The third kappa shape index (κ3) is 2.56. The van der Waals surface area contributed by atoms with Gasteiger partial charge in [-0.05, 0) is 18.6 Å². The van der Waals surface area contributed by atoms with E-state index in [9.17, 15) is 0 Å². The van der Waals surface area contributed by atoms with Crippen molar-refractivity contribution in [1.82, 2.24) is 15.5 Å². The van der Waals surface area contributed by atoms with E-state index in [0.717, 1.165) is 23.0 Å². The zero-order valence-electron chi connectivity index (χ0n) is 10.5. The normalized spacial score (nSPS) is 22.8. The molecule has 6 heteroatoms. The predicted molar refractivity (Wildman–Crippen MR) is 73.6 cm³/mol. The standard InChI is InChI=1S/C13H14BrN3O2/c1-18-8-6-11(15-7-8)13-16-12(17-19-13)9-4-2-3-5-10(9)14/h2-5,8,11,15H,6-7H2,1H3. The molecule has 2 aromatic rings. The first-order chi connectivity index (χ1) is 9.28. The number of nitrogens with one attached hydrogen (secondary N) is 1. The maximum absolute atomic E-state index is 5.35. The lowest BCUT2D eigenvalue weighted by atomic mass is 10.2. The Bertz CT molecular complexity index is 573. The molecular formula is C13H14BrN3O2. The molecule has 0 radical (unpaired) electrons. The number of aromatic nitrogens is 2. The summed E-state index contributed by atoms with van der Waals surface area (Å²) in [6.45, 7) is 0.813. The van der Waals surface area contributed by atoms with Gasteiger partial charge in [0.05, 0.1) is 12.1 Å². The van der Waals surface area contributed by atoms with Crippen LogP contribution in [0.5, 0.6) is 0 Å². The van der Waals surface area contributed by atoms with Gasteiger partial charge in [-0.2, -0.15) is 4.98 Å². The van der Waals surface area contributed by atoms with E-state index in [4.69, 9.17) is 9.26 Å². The molecule has 3 rings (SSSR count). The second kappa shape index (κ2) is 5.40. The van der Waals surface area contributed by atoms with Crippen molar-refractivity contribution < 1.29 is 9.26 Å². The first-order valence-corrected chi connectivity index (χ1v) is 6.92. The summed E-state index contributed by atoms with van der Waals surface area (Å²) in [5.41, 5.74) is 0.929. The molecule has 1 aromatic heterocycles. The molecule has 19 heavy (non-hydrogen) atoms. The molecule has 1 aliphatic rings. The largest absolute Gasteiger partial charge is 0.380 e. The lowest BCUT2D eigenvalue weighted by molar-refractivity contribution is 0.116. The topological polar surface area (TPSA) is 60.2 Å². The maximum atomic E-state index is 5.35. The lowest BCUT2D eigenvalue weighted by Crippen LogP contribution is -2.16. The van der Waals surface area contributed by atoms with Gasteiger partial charge in [0.25, 0.3) is 0 Å². The van der Waals surface area contributed by atoms with E-state index in [1.165, 1.54) is 0 Å². The number of benzene rings is 1. The molecule has 0 saturated carbocycles. The quantitative estimate of drug-likeness (QED) is 0.940. The summed E-state index contributed by atoms with van der Waals surface area (Å²) in [7, 11) is 1.72. The molecule has 2 unspecified atom stereocenters. The van der Waals surface area contributed by atoms with E-state index >= 15 is 0 Å². The van der Waals surface area contributed by atoms with E-state index in [2.05, 4.69) is 31.4 Å². The first kappa shape index (κ1) is 12.8. The fraction of sp³-hybridized carbons (Fsp3) is 0.385. The van der Waals surface area contributed by atoms with Crippen LogP contribution in [0.25, 0.3) is 11.4 Å². The molecule has 5 nitrogen and oxygen atoms in total. The summed E-state index contributed by atoms with van der Waals surface area (Å²) in [5, 5.41) is 7.37. The second-order valence-electron chi connectivity index (χ2n) is 4.49. The first-order valence-electron chi connectivity index (χ1n) is 6.12. The molecule has 0 amide bonds. The second-order valence-corrected chi connectivity index (χ2v) is 5.34. The van der Waals surface area contributed by atoms with Crippen LogP contribution in [0.4, 0.5) is 0 Å². The van der Waals surface area contributed by atoms with Crippen molar-refractivity contribution in [2.75, 3.05) is 13.7 Å². The van der Waals surface area contributed by atoms with Gasteiger partial charge in [-0.15, -0.1) is 0 Å². The Hall–Kier alpha value is -1.24. The fourth-order valence-corrected chi connectivity index (χ4v) is 2.66. The number of hydrogen-bond donors (Lipinski definition) is 1. The number of halogens is 1. The predicted octanol–water partition coefficient (Wildman–Crippen LogP) is 2.55. The smallest absolute Gasteiger partial charge is 0.244 e. The Balaban J connectivity index is 1.82. The van der Waals surface area contributed by atoms with Gasteiger partial charge in [0.2, 0.25) is 11.7 Å². The SMILES string of the molecule is COC1CNC(c2nc(-c3ccccc3Br)no2)C1. The molecule has 1 aliphatic heterocycles. The van der Waals surface area contributed by atoms with Crippen molar-refractivity contribution in [2.24, 2.45) is 0 Å². The minimum Gasteiger partial charge on any atom is -0.380 e. The van der Waals surface area contributed by atoms with E-state index in [-0.39, 0.29) is 12.1 Å². The van der Waals surface area contributed by atoms with Gasteiger partial charge < -0.3 is 14.6 Å². The number of ether oxygens (including phenoxy) is 1. The number of rotatable bonds is 3. The van der Waals surface area contributed by atoms with E-state index in [0.29, 0.717) is 11.7 Å². The molecule has 2 heterocycles. The van der Waals surface area contributed by atoms with Crippen LogP contribution < -0.4 is 5.32 Å². The van der Waals surface area contributed by atoms with Crippen LogP contribution in [0, 0.1) is 0 Å². The molecule has 100 valence electrons. The van der Waals surface area contributed by atoms with Crippen LogP contribution in [-0.4, -0.2) is 29.9 Å². The van der Waals surface area contributed by atoms with Gasteiger partial charge in [-0.1, -0.05) is 33.2 Å². The summed E-state index contributed by atoms with van der Waals surface area (Å²) in [5.74, 6) is 1.22. The number of methoxy groups -OCH3 is 1. The average Bonchev–Trinajstić information content (AvgIpc) is 3.08. The van der Waals surface area contributed by atoms with Crippen LogP contribution in [0.15, 0.2) is 33.3 Å². The summed E-state index contributed by atoms with van der Waals surface area (Å²) < 4.78 is 11.6. The van der Waals surface area contributed by atoms with E-state index < -0.39 is 0 Å². The van der Waals surface area contributed by atoms with Crippen molar-refractivity contribution >= 4 is 15.9 Å². The number of hydrogen-bond acceptors (Lipinski definition) is 5. The minimum atomic E-state index is 0.0775. The lowest BCUT2D eigenvalue weighted by Gasteiger charge is -2.04. The van der Waals surface area contributed by atoms with Gasteiger partial charge in [-0.3, -0.25) is 0 Å². The van der Waals surface area contributed by atoms with E-state index in [1.54, 1.807) is 7.11 Å². The van der Waals surface area contributed by atoms with Crippen LogP contribution in [0.3, 0.4) is 0 Å². The monoisotopic (exact) mass is 323 g/mol. The maximum Gasteiger partial charge on any atom is 0.244 e. The Morgan fingerprint density at radius 1 is 1.42 bits per heavy atom. The highest BCUT2D eigenvalue weighted by Gasteiger charge is 2.29. The van der Waals surface area contributed by atoms with Gasteiger partial charge in [0, 0.05) is 23.7 Å². The molecular weight excluding hydrogens is 310 g/mol. The molecule has 0 aliphatic carbocycles. The summed E-state index contributed by atoms with van der Waals surface area (Å²) in [6, 6.07) is 7.90. The third-order valence-electron chi connectivity index (χ3n) is 3.28. The fourth-order valence-electron chi connectivity index (χ4n) is 2.20. The van der Waals surface area contributed by atoms with Crippen LogP contribution in [0.1, 0.15) is 18.4 Å². The van der Waals surface area contributed by atoms with Crippen LogP contribution >= 0.6 is 15.9 Å². The minimum absolute atomic E-state index is 0.0775. The van der Waals surface area contributed by atoms with Crippen molar-refractivity contribution in [1.29, 1.82) is 0 Å². The van der Waals surface area contributed by atoms with Crippen LogP contribution in [-0.2, 0) is 4.74 Å². The van der Waals surface area contributed by atoms with Gasteiger partial charge in [0.1, 0.15) is 0 Å². The highest BCUT2D eigenvalue weighted by atomic mass is 79.9. The summed E-state index contributed by atoms with van der Waals surface area (Å²) >= 11 is 3.49. The van der Waals surface area contributed by atoms with Crippen molar-refractivity contribution in [2.45, 2.75) is 18.6 Å². The molecule has 1 aromatic carbocycles. The van der Waals surface area contributed by atoms with Crippen LogP contribution in [0.2, 0.25) is 0 Å².